The first-order valence-corrected chi connectivity index (χ1v) is 5.12. The summed E-state index contributed by atoms with van der Waals surface area (Å²) in [7, 11) is 1.17. The minimum absolute atomic E-state index is 0.000669. The molecule has 0 fully saturated rings. The van der Waals surface area contributed by atoms with Crippen LogP contribution in [0.2, 0.25) is 0 Å². The van der Waals surface area contributed by atoms with E-state index in [9.17, 15) is 19.4 Å². The van der Waals surface area contributed by atoms with Crippen LogP contribution in [-0.2, 0) is 4.74 Å². The molecule has 1 rings (SSSR count). The molecule has 0 bridgehead atoms. The lowest BCUT2D eigenvalue weighted by Crippen LogP contribution is -2.19. The van der Waals surface area contributed by atoms with Crippen molar-refractivity contribution in [1.29, 1.82) is 5.26 Å². The monoisotopic (exact) mass is 253 g/mol. The van der Waals surface area contributed by atoms with Crippen LogP contribution in [-0.4, -0.2) is 29.4 Å². The van der Waals surface area contributed by atoms with Crippen molar-refractivity contribution in [2.75, 3.05) is 7.11 Å². The molecule has 1 aromatic rings. The number of halogens is 1. The fourth-order valence-corrected chi connectivity index (χ4v) is 1.42. The summed E-state index contributed by atoms with van der Waals surface area (Å²) in [5.41, 5.74) is -0.175. The minimum atomic E-state index is -1.52. The molecule has 0 saturated carbocycles. The largest absolute Gasteiger partial charge is 0.465 e. The molecule has 96 valence electrons. The van der Waals surface area contributed by atoms with Crippen LogP contribution in [0.5, 0.6) is 0 Å². The average molecular weight is 253 g/mol. The third-order valence-corrected chi connectivity index (χ3v) is 2.41. The molecule has 5 nitrogen and oxygen atoms in total. The predicted octanol–water partition coefficient (Wildman–Crippen LogP) is 0.920. The van der Waals surface area contributed by atoms with Crippen LogP contribution in [0.1, 0.15) is 28.4 Å². The summed E-state index contributed by atoms with van der Waals surface area (Å²) < 4.78 is 18.1. The lowest BCUT2D eigenvalue weighted by atomic mass is 10.0. The van der Waals surface area contributed by atoms with Gasteiger partial charge in [0.25, 0.3) is 0 Å². The summed E-state index contributed by atoms with van der Waals surface area (Å²) in [5, 5.41) is 27.4. The Kier molecular flexibility index (Phi) is 4.77. The topological polar surface area (TPSA) is 90.6 Å². The number of aliphatic hydroxyl groups excluding tert-OH is 2. The molecule has 0 spiro atoms. The summed E-state index contributed by atoms with van der Waals surface area (Å²) in [6.07, 6.45) is -3.22. The molecular weight excluding hydrogens is 241 g/mol. The van der Waals surface area contributed by atoms with Crippen LogP contribution in [0.15, 0.2) is 18.2 Å². The summed E-state index contributed by atoms with van der Waals surface area (Å²) in [5.74, 6) is -1.55. The van der Waals surface area contributed by atoms with Gasteiger partial charge in [-0.1, -0.05) is 6.07 Å². The molecule has 18 heavy (non-hydrogen) atoms. The van der Waals surface area contributed by atoms with E-state index < -0.39 is 24.0 Å². The van der Waals surface area contributed by atoms with Crippen LogP contribution < -0.4 is 0 Å². The maximum absolute atomic E-state index is 13.6. The minimum Gasteiger partial charge on any atom is -0.465 e. The molecule has 0 aliphatic carbocycles. The van der Waals surface area contributed by atoms with Gasteiger partial charge < -0.3 is 14.9 Å². The van der Waals surface area contributed by atoms with E-state index in [2.05, 4.69) is 4.74 Å². The molecular formula is C12H12FNO4. The molecule has 0 aliphatic rings. The van der Waals surface area contributed by atoms with Crippen LogP contribution in [0.25, 0.3) is 0 Å². The molecule has 0 heterocycles. The number of hydrogen-bond acceptors (Lipinski definition) is 5. The number of ether oxygens (including phenoxy) is 1. The Morgan fingerprint density at radius 3 is 2.72 bits per heavy atom. The van der Waals surface area contributed by atoms with Gasteiger partial charge in [-0.05, 0) is 12.1 Å². The van der Waals surface area contributed by atoms with E-state index in [-0.39, 0.29) is 17.5 Å². The van der Waals surface area contributed by atoms with Crippen molar-refractivity contribution in [3.05, 3.63) is 35.1 Å². The SMILES string of the molecule is COC(=O)c1ccc(C(O)C(O)CC#N)c(F)c1. The first-order chi connectivity index (χ1) is 8.51. The van der Waals surface area contributed by atoms with Gasteiger partial charge in [0, 0.05) is 5.56 Å². The number of aliphatic hydroxyl groups is 2. The van der Waals surface area contributed by atoms with Crippen molar-refractivity contribution in [1.82, 2.24) is 0 Å². The summed E-state index contributed by atoms with van der Waals surface area (Å²) in [6, 6.07) is 5.02. The van der Waals surface area contributed by atoms with Crippen LogP contribution in [0.4, 0.5) is 4.39 Å². The van der Waals surface area contributed by atoms with E-state index in [1.165, 1.54) is 19.2 Å². The zero-order chi connectivity index (χ0) is 13.7. The predicted molar refractivity (Wildman–Crippen MR) is 58.9 cm³/mol. The van der Waals surface area contributed by atoms with Crippen LogP contribution in [0.3, 0.4) is 0 Å². The second kappa shape index (κ2) is 6.10. The zero-order valence-electron chi connectivity index (χ0n) is 9.63. The Morgan fingerprint density at radius 1 is 1.56 bits per heavy atom. The molecule has 0 aliphatic heterocycles. The van der Waals surface area contributed by atoms with Crippen molar-refractivity contribution < 1.29 is 24.1 Å². The van der Waals surface area contributed by atoms with Crippen LogP contribution >= 0.6 is 0 Å². The second-order valence-corrected chi connectivity index (χ2v) is 3.60. The Morgan fingerprint density at radius 2 is 2.22 bits per heavy atom. The molecule has 0 radical (unpaired) electrons. The molecule has 0 aromatic heterocycles. The van der Waals surface area contributed by atoms with Gasteiger partial charge in [-0.25, -0.2) is 9.18 Å². The smallest absolute Gasteiger partial charge is 0.337 e. The van der Waals surface area contributed by atoms with E-state index in [1.54, 1.807) is 6.07 Å². The number of carbonyl (C=O) groups is 1. The fourth-order valence-electron chi connectivity index (χ4n) is 1.42. The Balaban J connectivity index is 2.99. The van der Waals surface area contributed by atoms with E-state index in [0.29, 0.717) is 0 Å². The summed E-state index contributed by atoms with van der Waals surface area (Å²) in [4.78, 5) is 11.1. The molecule has 0 amide bonds. The lowest BCUT2D eigenvalue weighted by molar-refractivity contribution is 0.0194. The van der Waals surface area contributed by atoms with Gasteiger partial charge in [-0.3, -0.25) is 0 Å². The molecule has 0 saturated heterocycles. The molecule has 6 heteroatoms. The van der Waals surface area contributed by atoms with Crippen molar-refractivity contribution in [2.45, 2.75) is 18.6 Å². The van der Waals surface area contributed by atoms with Gasteiger partial charge in [-0.15, -0.1) is 0 Å². The fraction of sp³-hybridized carbons (Fsp3) is 0.333. The van der Waals surface area contributed by atoms with Gasteiger partial charge in [0.15, 0.2) is 0 Å². The van der Waals surface area contributed by atoms with Gasteiger partial charge in [0.2, 0.25) is 0 Å². The zero-order valence-corrected chi connectivity index (χ0v) is 9.63. The number of carbonyl (C=O) groups excluding carboxylic acids is 1. The van der Waals surface area contributed by atoms with Crippen molar-refractivity contribution >= 4 is 5.97 Å². The first-order valence-electron chi connectivity index (χ1n) is 5.12. The normalized spacial score (nSPS) is 13.5. The molecule has 2 N–H and O–H groups in total. The highest BCUT2D eigenvalue weighted by Crippen LogP contribution is 2.23. The molecule has 2 atom stereocenters. The van der Waals surface area contributed by atoms with E-state index in [0.717, 1.165) is 6.07 Å². The number of hydrogen-bond donors (Lipinski definition) is 2. The van der Waals surface area contributed by atoms with E-state index >= 15 is 0 Å². The van der Waals surface area contributed by atoms with Gasteiger partial charge in [-0.2, -0.15) is 5.26 Å². The molecule has 2 unspecified atom stereocenters. The highest BCUT2D eigenvalue weighted by atomic mass is 19.1. The standard InChI is InChI=1S/C12H12FNO4/c1-18-12(17)7-2-3-8(9(13)6-7)11(16)10(15)4-5-14/h2-3,6,10-11,15-16H,4H2,1H3. The van der Waals surface area contributed by atoms with Gasteiger partial charge >= 0.3 is 5.97 Å². The summed E-state index contributed by atoms with van der Waals surface area (Å²) >= 11 is 0. The summed E-state index contributed by atoms with van der Waals surface area (Å²) in [6.45, 7) is 0. The third-order valence-electron chi connectivity index (χ3n) is 2.41. The Labute approximate surface area is 103 Å². The second-order valence-electron chi connectivity index (χ2n) is 3.60. The lowest BCUT2D eigenvalue weighted by Gasteiger charge is -2.16. The number of nitriles is 1. The van der Waals surface area contributed by atoms with Crippen molar-refractivity contribution in [3.63, 3.8) is 0 Å². The number of methoxy groups -OCH3 is 1. The number of esters is 1. The highest BCUT2D eigenvalue weighted by Gasteiger charge is 2.22. The average Bonchev–Trinajstić information content (AvgIpc) is 2.37. The third kappa shape index (κ3) is 3.03. The first kappa shape index (κ1) is 14.1. The van der Waals surface area contributed by atoms with Gasteiger partial charge in [0.05, 0.1) is 31.3 Å². The van der Waals surface area contributed by atoms with E-state index in [4.69, 9.17) is 5.26 Å². The number of nitrogens with zero attached hydrogens (tertiary/aromatic N) is 1. The number of rotatable bonds is 4. The van der Waals surface area contributed by atoms with E-state index in [1.807, 2.05) is 0 Å². The highest BCUT2D eigenvalue weighted by molar-refractivity contribution is 5.89. The Bertz CT molecular complexity index is 483. The quantitative estimate of drug-likeness (QED) is 0.779. The van der Waals surface area contributed by atoms with Crippen molar-refractivity contribution in [2.24, 2.45) is 0 Å². The van der Waals surface area contributed by atoms with Crippen molar-refractivity contribution in [3.8, 4) is 6.07 Å². The maximum atomic E-state index is 13.6. The maximum Gasteiger partial charge on any atom is 0.337 e. The van der Waals surface area contributed by atoms with Crippen LogP contribution in [0, 0.1) is 17.1 Å². The molecule has 1 aromatic carbocycles. The Hall–Kier alpha value is -1.97. The number of benzene rings is 1. The van der Waals surface area contributed by atoms with Gasteiger partial charge in [0.1, 0.15) is 11.9 Å².